The van der Waals surface area contributed by atoms with E-state index in [2.05, 4.69) is 11.4 Å². The third-order valence-corrected chi connectivity index (χ3v) is 2.31. The minimum absolute atomic E-state index is 0.0109. The highest BCUT2D eigenvalue weighted by Crippen LogP contribution is 2.11. The second-order valence-corrected chi connectivity index (χ2v) is 3.71. The van der Waals surface area contributed by atoms with Gasteiger partial charge in [0.1, 0.15) is 0 Å². The molecule has 17 heavy (non-hydrogen) atoms. The van der Waals surface area contributed by atoms with Gasteiger partial charge in [0.2, 0.25) is 5.91 Å². The molecule has 0 radical (unpaired) electrons. The van der Waals surface area contributed by atoms with Gasteiger partial charge in [0, 0.05) is 13.5 Å². The molecule has 0 bridgehead atoms. The Kier molecular flexibility index (Phi) is 5.53. The molecule has 1 aromatic rings. The summed E-state index contributed by atoms with van der Waals surface area (Å²) in [5.41, 5.74) is 2.10. The molecule has 3 nitrogen and oxygen atoms in total. The Morgan fingerprint density at radius 3 is 2.94 bits per heavy atom. The molecule has 88 valence electrons. The van der Waals surface area contributed by atoms with Crippen LogP contribution < -0.4 is 5.32 Å². The van der Waals surface area contributed by atoms with Gasteiger partial charge in [-0.25, -0.2) is 0 Å². The number of benzene rings is 1. The highest BCUT2D eigenvalue weighted by Gasteiger charge is 1.96. The molecule has 0 saturated carbocycles. The number of carbonyl (C=O) groups is 1. The van der Waals surface area contributed by atoms with Crippen LogP contribution in [0, 0.1) is 11.3 Å². The molecule has 0 aromatic heterocycles. The standard InChI is InChI=1S/C14H16N2O/c1-12(17)16-11-5-4-8-13-6-2-3-7-14(13)9-10-15/h2-4,6-8H,5,9,11H2,1H3,(H,16,17). The molecular weight excluding hydrogens is 212 g/mol. The van der Waals surface area contributed by atoms with Gasteiger partial charge in [0.05, 0.1) is 12.5 Å². The van der Waals surface area contributed by atoms with E-state index in [0.29, 0.717) is 13.0 Å². The van der Waals surface area contributed by atoms with E-state index in [1.165, 1.54) is 6.92 Å². The lowest BCUT2D eigenvalue weighted by atomic mass is 10.0. The third kappa shape index (κ3) is 4.98. The number of nitrogens with one attached hydrogen (secondary N) is 1. The van der Waals surface area contributed by atoms with E-state index >= 15 is 0 Å². The maximum absolute atomic E-state index is 10.6. The Bertz CT molecular complexity index is 444. The van der Waals surface area contributed by atoms with Crippen molar-refractivity contribution in [3.8, 4) is 6.07 Å². The summed E-state index contributed by atoms with van der Waals surface area (Å²) in [4.78, 5) is 10.6. The Hall–Kier alpha value is -2.08. The molecular formula is C14H16N2O. The quantitative estimate of drug-likeness (QED) is 0.786. The van der Waals surface area contributed by atoms with E-state index in [-0.39, 0.29) is 5.91 Å². The van der Waals surface area contributed by atoms with Crippen LogP contribution in [0.3, 0.4) is 0 Å². The normalized spacial score (nSPS) is 10.1. The van der Waals surface area contributed by atoms with Crippen molar-refractivity contribution in [1.29, 1.82) is 5.26 Å². The molecule has 3 heteroatoms. The zero-order chi connectivity index (χ0) is 12.5. The van der Waals surface area contributed by atoms with Crippen LogP contribution in [0.25, 0.3) is 6.08 Å². The molecule has 1 amide bonds. The molecule has 0 spiro atoms. The average molecular weight is 228 g/mol. The second-order valence-electron chi connectivity index (χ2n) is 3.71. The first-order valence-electron chi connectivity index (χ1n) is 5.60. The molecule has 0 fully saturated rings. The van der Waals surface area contributed by atoms with Crippen LogP contribution in [0.1, 0.15) is 24.5 Å². The van der Waals surface area contributed by atoms with Crippen molar-refractivity contribution < 1.29 is 4.79 Å². The number of nitriles is 1. The van der Waals surface area contributed by atoms with Crippen molar-refractivity contribution in [1.82, 2.24) is 5.32 Å². The number of hydrogen-bond donors (Lipinski definition) is 1. The summed E-state index contributed by atoms with van der Waals surface area (Å²) in [6.45, 7) is 2.15. The van der Waals surface area contributed by atoms with Gasteiger partial charge in [-0.1, -0.05) is 36.4 Å². The number of rotatable bonds is 5. The fourth-order valence-corrected chi connectivity index (χ4v) is 1.48. The molecule has 1 N–H and O–H groups in total. The average Bonchev–Trinajstić information content (AvgIpc) is 2.31. The molecule has 0 atom stereocenters. The second kappa shape index (κ2) is 7.24. The molecule has 0 saturated heterocycles. The fraction of sp³-hybridized carbons (Fsp3) is 0.286. The lowest BCUT2D eigenvalue weighted by molar-refractivity contribution is -0.118. The van der Waals surface area contributed by atoms with Crippen molar-refractivity contribution in [3.63, 3.8) is 0 Å². The van der Waals surface area contributed by atoms with E-state index in [4.69, 9.17) is 5.26 Å². The molecule has 0 unspecified atom stereocenters. The summed E-state index contributed by atoms with van der Waals surface area (Å²) in [6, 6.07) is 9.98. The number of nitrogens with zero attached hydrogens (tertiary/aromatic N) is 1. The van der Waals surface area contributed by atoms with Crippen molar-refractivity contribution in [2.75, 3.05) is 6.54 Å². The van der Waals surface area contributed by atoms with Gasteiger partial charge in [0.25, 0.3) is 0 Å². The van der Waals surface area contributed by atoms with Crippen molar-refractivity contribution >= 4 is 12.0 Å². The van der Waals surface area contributed by atoms with Crippen LogP contribution in [0.15, 0.2) is 30.3 Å². The fourth-order valence-electron chi connectivity index (χ4n) is 1.48. The monoisotopic (exact) mass is 228 g/mol. The maximum atomic E-state index is 10.6. The van der Waals surface area contributed by atoms with Crippen LogP contribution in [-0.2, 0) is 11.2 Å². The van der Waals surface area contributed by atoms with Gasteiger partial charge < -0.3 is 5.32 Å². The van der Waals surface area contributed by atoms with Gasteiger partial charge in [-0.05, 0) is 17.5 Å². The largest absolute Gasteiger partial charge is 0.356 e. The summed E-state index contributed by atoms with van der Waals surface area (Å²) in [5, 5.41) is 11.4. The van der Waals surface area contributed by atoms with Crippen LogP contribution in [0.2, 0.25) is 0 Å². The summed E-state index contributed by atoms with van der Waals surface area (Å²) >= 11 is 0. The van der Waals surface area contributed by atoms with E-state index < -0.39 is 0 Å². The predicted molar refractivity (Wildman–Crippen MR) is 68.1 cm³/mol. The van der Waals surface area contributed by atoms with E-state index in [9.17, 15) is 4.79 Å². The van der Waals surface area contributed by atoms with Crippen molar-refractivity contribution in [2.45, 2.75) is 19.8 Å². The molecule has 1 rings (SSSR count). The topological polar surface area (TPSA) is 52.9 Å². The van der Waals surface area contributed by atoms with E-state index in [1.807, 2.05) is 36.4 Å². The SMILES string of the molecule is CC(=O)NCCC=Cc1ccccc1CC#N. The van der Waals surface area contributed by atoms with Crippen LogP contribution in [0.4, 0.5) is 0 Å². The first-order chi connectivity index (χ1) is 8.24. The Morgan fingerprint density at radius 2 is 2.24 bits per heavy atom. The van der Waals surface area contributed by atoms with E-state index in [0.717, 1.165) is 17.5 Å². The summed E-state index contributed by atoms with van der Waals surface area (Å²) in [6.07, 6.45) is 5.22. The van der Waals surface area contributed by atoms with Crippen LogP contribution in [0.5, 0.6) is 0 Å². The Labute approximate surface area is 102 Å². The number of hydrogen-bond acceptors (Lipinski definition) is 2. The summed E-state index contributed by atoms with van der Waals surface area (Å²) in [7, 11) is 0. The number of amides is 1. The van der Waals surface area contributed by atoms with Gasteiger partial charge in [-0.15, -0.1) is 0 Å². The lowest BCUT2D eigenvalue weighted by Gasteiger charge is -2.01. The first-order valence-corrected chi connectivity index (χ1v) is 5.60. The molecule has 1 aromatic carbocycles. The minimum atomic E-state index is -0.0109. The highest BCUT2D eigenvalue weighted by atomic mass is 16.1. The Balaban J connectivity index is 2.53. The lowest BCUT2D eigenvalue weighted by Crippen LogP contribution is -2.20. The van der Waals surface area contributed by atoms with E-state index in [1.54, 1.807) is 0 Å². The molecule has 0 heterocycles. The first kappa shape index (κ1) is 13.0. The summed E-state index contributed by atoms with van der Waals surface area (Å²) in [5.74, 6) is -0.0109. The maximum Gasteiger partial charge on any atom is 0.216 e. The van der Waals surface area contributed by atoms with Crippen molar-refractivity contribution in [2.24, 2.45) is 0 Å². The van der Waals surface area contributed by atoms with Gasteiger partial charge >= 0.3 is 0 Å². The molecule has 0 aliphatic heterocycles. The number of carbonyl (C=O) groups excluding carboxylic acids is 1. The third-order valence-electron chi connectivity index (χ3n) is 2.31. The van der Waals surface area contributed by atoms with Gasteiger partial charge in [0.15, 0.2) is 0 Å². The molecule has 0 aliphatic rings. The molecule has 0 aliphatic carbocycles. The minimum Gasteiger partial charge on any atom is -0.356 e. The smallest absolute Gasteiger partial charge is 0.216 e. The highest BCUT2D eigenvalue weighted by molar-refractivity contribution is 5.72. The Morgan fingerprint density at radius 1 is 1.47 bits per heavy atom. The zero-order valence-corrected chi connectivity index (χ0v) is 9.94. The zero-order valence-electron chi connectivity index (χ0n) is 9.94. The van der Waals surface area contributed by atoms with Gasteiger partial charge in [-0.3, -0.25) is 4.79 Å². The van der Waals surface area contributed by atoms with Crippen molar-refractivity contribution in [3.05, 3.63) is 41.5 Å². The van der Waals surface area contributed by atoms with Gasteiger partial charge in [-0.2, -0.15) is 5.26 Å². The summed E-state index contributed by atoms with van der Waals surface area (Å²) < 4.78 is 0. The predicted octanol–water partition coefficient (Wildman–Crippen LogP) is 2.29. The van der Waals surface area contributed by atoms with Crippen LogP contribution in [-0.4, -0.2) is 12.5 Å². The van der Waals surface area contributed by atoms with Crippen LogP contribution >= 0.6 is 0 Å².